The van der Waals surface area contributed by atoms with Crippen molar-refractivity contribution in [1.29, 1.82) is 0 Å². The van der Waals surface area contributed by atoms with Crippen molar-refractivity contribution >= 4 is 23.2 Å². The fourth-order valence-corrected chi connectivity index (χ4v) is 3.73. The molecular weight excluding hydrogens is 386 g/mol. The summed E-state index contributed by atoms with van der Waals surface area (Å²) in [6.45, 7) is 4.15. The molecule has 1 aliphatic rings. The molecule has 3 N–H and O–H groups in total. The Morgan fingerprint density at radius 3 is 3.07 bits per heavy atom. The highest BCUT2D eigenvalue weighted by atomic mass is 16.6. The highest BCUT2D eigenvalue weighted by molar-refractivity contribution is 5.72. The van der Waals surface area contributed by atoms with Gasteiger partial charge in [0.05, 0.1) is 5.69 Å². The van der Waals surface area contributed by atoms with E-state index >= 15 is 0 Å². The van der Waals surface area contributed by atoms with Crippen molar-refractivity contribution in [2.24, 2.45) is 0 Å². The van der Waals surface area contributed by atoms with Gasteiger partial charge >= 0.3 is 6.09 Å². The molecule has 0 spiro atoms. The normalized spacial score (nSPS) is 18.8. The lowest BCUT2D eigenvalue weighted by molar-refractivity contribution is 0.0981. The molecule has 3 aromatic rings. The van der Waals surface area contributed by atoms with E-state index in [-0.39, 0.29) is 24.2 Å². The second kappa shape index (κ2) is 8.62. The van der Waals surface area contributed by atoms with E-state index < -0.39 is 0 Å². The first-order chi connectivity index (χ1) is 14.5. The smallest absolute Gasteiger partial charge is 0.407 e. The van der Waals surface area contributed by atoms with Gasteiger partial charge in [0.25, 0.3) is 0 Å². The molecule has 2 atom stereocenters. The molecule has 10 nitrogen and oxygen atoms in total. The maximum Gasteiger partial charge on any atom is 0.407 e. The van der Waals surface area contributed by atoms with Gasteiger partial charge in [-0.25, -0.2) is 14.3 Å². The summed E-state index contributed by atoms with van der Waals surface area (Å²) >= 11 is 0. The lowest BCUT2D eigenvalue weighted by Gasteiger charge is -2.14. The van der Waals surface area contributed by atoms with Gasteiger partial charge < -0.3 is 15.4 Å². The maximum atomic E-state index is 11.8. The second-order valence-corrected chi connectivity index (χ2v) is 7.76. The van der Waals surface area contributed by atoms with Crippen molar-refractivity contribution < 1.29 is 14.3 Å². The van der Waals surface area contributed by atoms with Crippen LogP contribution in [0, 0.1) is 7.11 Å². The molecule has 0 saturated heterocycles. The zero-order valence-corrected chi connectivity index (χ0v) is 17.1. The van der Waals surface area contributed by atoms with Gasteiger partial charge in [-0.3, -0.25) is 5.10 Å². The van der Waals surface area contributed by atoms with E-state index in [1.807, 2.05) is 26.0 Å². The average Bonchev–Trinajstić information content (AvgIpc) is 3.41. The Morgan fingerprint density at radius 1 is 1.40 bits per heavy atom. The number of rotatable bonds is 7. The van der Waals surface area contributed by atoms with Crippen LogP contribution in [0.4, 0.5) is 16.4 Å². The Labute approximate surface area is 174 Å². The van der Waals surface area contributed by atoms with Crippen LogP contribution in [0.1, 0.15) is 50.4 Å². The molecule has 0 bridgehead atoms. The van der Waals surface area contributed by atoms with E-state index in [2.05, 4.69) is 38.0 Å². The molecule has 30 heavy (non-hydrogen) atoms. The number of aromatic amines is 1. The van der Waals surface area contributed by atoms with Gasteiger partial charge in [-0.1, -0.05) is 0 Å². The van der Waals surface area contributed by atoms with Crippen molar-refractivity contribution in [1.82, 2.24) is 30.1 Å². The Kier molecular flexibility index (Phi) is 5.75. The molecule has 1 saturated carbocycles. The number of carbonyl (C=O) groups is 1. The van der Waals surface area contributed by atoms with E-state index in [0.29, 0.717) is 18.2 Å². The van der Waals surface area contributed by atoms with Crippen molar-refractivity contribution in [3.63, 3.8) is 0 Å². The Bertz CT molecular complexity index is 1010. The number of ether oxygens (including phenoxy) is 2. The first kappa shape index (κ1) is 20.0. The predicted molar refractivity (Wildman–Crippen MR) is 110 cm³/mol. The first-order valence-corrected chi connectivity index (χ1v) is 10.0. The van der Waals surface area contributed by atoms with Crippen LogP contribution in [0.3, 0.4) is 0 Å². The molecule has 3 aromatic heterocycles. The van der Waals surface area contributed by atoms with Crippen LogP contribution in [-0.4, -0.2) is 43.0 Å². The molecular formula is C20H26N7O3+. The zero-order chi connectivity index (χ0) is 21.1. The molecule has 158 valence electrons. The van der Waals surface area contributed by atoms with Gasteiger partial charge in [0, 0.05) is 36.1 Å². The van der Waals surface area contributed by atoms with E-state index in [1.54, 1.807) is 16.9 Å². The maximum absolute atomic E-state index is 11.8. The number of fused-ring (bicyclic) bond motifs is 1. The summed E-state index contributed by atoms with van der Waals surface area (Å²) in [5.41, 5.74) is 2.60. The molecule has 0 radical (unpaired) electrons. The molecule has 10 heteroatoms. The summed E-state index contributed by atoms with van der Waals surface area (Å²) in [4.78, 5) is 16.2. The minimum atomic E-state index is -0.355. The Hall–Kier alpha value is -3.27. The number of H-pyrrole nitrogens is 1. The summed E-state index contributed by atoms with van der Waals surface area (Å²) in [5.74, 6) is 1.59. The minimum Gasteiger partial charge on any atom is -0.446 e. The Balaban J connectivity index is 1.40. The van der Waals surface area contributed by atoms with Gasteiger partial charge in [0.15, 0.2) is 11.6 Å². The standard InChI is InChI=1S/C20H25N7O3/c1-12(2)22-20(28)30-15-5-4-13(8-15)16-10-18(25-24-16)23-19-17-9-14(11-29-3)26-27(17)7-6-21-19/h6-7,9-10,12-13,15H,3-5,8,11H2,1-2H3,(H2-,21,22,23,24,25,26,28)/p+1/t13-,15+/m0/s1. The molecule has 1 fully saturated rings. The van der Waals surface area contributed by atoms with Crippen LogP contribution in [0.25, 0.3) is 5.52 Å². The average molecular weight is 412 g/mol. The number of nitrogens with one attached hydrogen (secondary N) is 3. The largest absolute Gasteiger partial charge is 0.446 e. The number of aromatic nitrogens is 5. The van der Waals surface area contributed by atoms with Crippen LogP contribution >= 0.6 is 0 Å². The Morgan fingerprint density at radius 2 is 2.27 bits per heavy atom. The van der Waals surface area contributed by atoms with Gasteiger partial charge in [-0.15, -0.1) is 0 Å². The quantitative estimate of drug-likeness (QED) is 0.510. The van der Waals surface area contributed by atoms with Gasteiger partial charge in [0.2, 0.25) is 7.11 Å². The molecule has 0 unspecified atom stereocenters. The van der Waals surface area contributed by atoms with E-state index in [4.69, 9.17) is 9.47 Å². The molecule has 3 heterocycles. The third kappa shape index (κ3) is 4.48. The molecule has 0 aliphatic heterocycles. The monoisotopic (exact) mass is 412 g/mol. The fourth-order valence-electron chi connectivity index (χ4n) is 3.73. The van der Waals surface area contributed by atoms with Crippen LogP contribution < -0.4 is 10.6 Å². The number of hydrogen-bond acceptors (Lipinski definition) is 7. The van der Waals surface area contributed by atoms with E-state index in [0.717, 1.165) is 36.2 Å². The number of nitrogens with zero attached hydrogens (tertiary/aromatic N) is 4. The second-order valence-electron chi connectivity index (χ2n) is 7.76. The fraction of sp³-hybridized carbons (Fsp3) is 0.450. The molecule has 1 aliphatic carbocycles. The molecule has 0 aromatic carbocycles. The van der Waals surface area contributed by atoms with Crippen LogP contribution in [0.5, 0.6) is 0 Å². The van der Waals surface area contributed by atoms with Gasteiger partial charge in [-0.05, 0) is 39.2 Å². The lowest BCUT2D eigenvalue weighted by atomic mass is 10.0. The minimum absolute atomic E-state index is 0.0621. The van der Waals surface area contributed by atoms with Crippen molar-refractivity contribution in [2.45, 2.75) is 57.8 Å². The zero-order valence-electron chi connectivity index (χ0n) is 17.1. The number of hydrogen-bond donors (Lipinski definition) is 3. The summed E-state index contributed by atoms with van der Waals surface area (Å²) in [6.07, 6.45) is 5.56. The van der Waals surface area contributed by atoms with E-state index in [9.17, 15) is 4.79 Å². The highest BCUT2D eigenvalue weighted by Gasteiger charge is 2.30. The molecule has 1 amide bonds. The third-order valence-electron chi connectivity index (χ3n) is 5.04. The van der Waals surface area contributed by atoms with Gasteiger partial charge in [0.1, 0.15) is 18.2 Å². The summed E-state index contributed by atoms with van der Waals surface area (Å²) in [5, 5.41) is 17.9. The van der Waals surface area contributed by atoms with E-state index in [1.165, 1.54) is 0 Å². The van der Waals surface area contributed by atoms with Crippen LogP contribution in [-0.2, 0) is 16.1 Å². The number of alkyl carbamates (subject to hydrolysis) is 1. The summed E-state index contributed by atoms with van der Waals surface area (Å²) in [7, 11) is 3.39. The molecule has 4 rings (SSSR count). The van der Waals surface area contributed by atoms with Crippen LogP contribution in [0.15, 0.2) is 24.5 Å². The van der Waals surface area contributed by atoms with Crippen molar-refractivity contribution in [3.05, 3.63) is 43.0 Å². The van der Waals surface area contributed by atoms with Crippen molar-refractivity contribution in [2.75, 3.05) is 5.32 Å². The van der Waals surface area contributed by atoms with Crippen LogP contribution in [0.2, 0.25) is 0 Å². The lowest BCUT2D eigenvalue weighted by Crippen LogP contribution is -2.33. The SMILES string of the molecule is [CH2+]OCc1cc2c(Nc3cc([C@H]4CC[C@@H](OC(=O)NC(C)C)C4)[nH]n3)nccn2n1. The summed E-state index contributed by atoms with van der Waals surface area (Å²) in [6, 6.07) is 3.94. The third-order valence-corrected chi connectivity index (χ3v) is 5.04. The number of amides is 1. The summed E-state index contributed by atoms with van der Waals surface area (Å²) < 4.78 is 12.2. The number of carbonyl (C=O) groups excluding carboxylic acids is 1. The highest BCUT2D eigenvalue weighted by Crippen LogP contribution is 2.36. The first-order valence-electron chi connectivity index (χ1n) is 10.0. The number of anilines is 2. The topological polar surface area (TPSA) is 118 Å². The van der Waals surface area contributed by atoms with Gasteiger partial charge in [-0.2, -0.15) is 14.9 Å². The predicted octanol–water partition coefficient (Wildman–Crippen LogP) is 3.27. The van der Waals surface area contributed by atoms with Crippen molar-refractivity contribution in [3.8, 4) is 0 Å².